The first-order valence-electron chi connectivity index (χ1n) is 12.6. The number of amides is 2. The van der Waals surface area contributed by atoms with E-state index in [0.29, 0.717) is 44.0 Å². The molecule has 3 heterocycles. The highest BCUT2D eigenvalue weighted by molar-refractivity contribution is 7.73. The Morgan fingerprint density at radius 3 is 2.46 bits per heavy atom. The summed E-state index contributed by atoms with van der Waals surface area (Å²) in [6.07, 6.45) is 4.15. The quantitative estimate of drug-likeness (QED) is 0.384. The molecular weight excluding hydrogens is 506 g/mol. The lowest BCUT2D eigenvalue weighted by Gasteiger charge is -2.36. The molecule has 1 saturated heterocycles. The van der Waals surface area contributed by atoms with Gasteiger partial charge in [0, 0.05) is 43.5 Å². The molecule has 1 aliphatic carbocycles. The monoisotopic (exact) mass is 533 g/mol. The SMILES string of the molecule is O=C(NC1CCCC1)c1sc(=S)n2c1[nH]c(=O)c1ccc(C(=O)N3CCN(c4ccccc4)CC3)cc12. The van der Waals surface area contributed by atoms with Gasteiger partial charge in [0.2, 0.25) is 0 Å². The third kappa shape index (κ3) is 4.44. The molecule has 2 amide bonds. The number of aromatic nitrogens is 2. The highest BCUT2D eigenvalue weighted by Gasteiger charge is 2.25. The van der Waals surface area contributed by atoms with Gasteiger partial charge in [0.05, 0.1) is 10.9 Å². The van der Waals surface area contributed by atoms with E-state index in [-0.39, 0.29) is 23.4 Å². The van der Waals surface area contributed by atoms with Crippen molar-refractivity contribution < 1.29 is 9.59 Å². The minimum atomic E-state index is -0.312. The predicted octanol–water partition coefficient (Wildman–Crippen LogP) is 4.21. The van der Waals surface area contributed by atoms with E-state index in [9.17, 15) is 14.4 Å². The normalized spacial score (nSPS) is 16.5. The standard InChI is InChI=1S/C27H27N5O3S2/c33-24-20-11-10-17(26(35)31-14-12-30(13-15-31)19-8-2-1-3-9-19)16-21(20)32-23(29-24)22(37-27(32)36)25(34)28-18-6-4-5-7-18/h1-3,8-11,16,18H,4-7,12-15H2,(H,28,34)(H,29,33). The van der Waals surface area contributed by atoms with Gasteiger partial charge in [-0.2, -0.15) is 0 Å². The van der Waals surface area contributed by atoms with E-state index >= 15 is 0 Å². The molecular formula is C27H27N5O3S2. The lowest BCUT2D eigenvalue weighted by molar-refractivity contribution is 0.0746. The summed E-state index contributed by atoms with van der Waals surface area (Å²) in [7, 11) is 0. The number of aromatic amines is 1. The van der Waals surface area contributed by atoms with Gasteiger partial charge in [-0.25, -0.2) is 0 Å². The Labute approximate surface area is 222 Å². The number of nitrogens with one attached hydrogen (secondary N) is 2. The van der Waals surface area contributed by atoms with Crippen molar-refractivity contribution in [1.82, 2.24) is 19.6 Å². The predicted molar refractivity (Wildman–Crippen MR) is 149 cm³/mol. The average molecular weight is 534 g/mol. The molecule has 2 N–H and O–H groups in total. The smallest absolute Gasteiger partial charge is 0.265 e. The number of H-pyrrole nitrogens is 1. The second-order valence-corrected chi connectivity index (χ2v) is 11.3. The summed E-state index contributed by atoms with van der Waals surface area (Å²) in [6, 6.07) is 15.4. The molecule has 6 rings (SSSR count). The van der Waals surface area contributed by atoms with Gasteiger partial charge in [-0.15, -0.1) is 0 Å². The van der Waals surface area contributed by atoms with Crippen LogP contribution < -0.4 is 15.8 Å². The Hall–Kier alpha value is -3.50. The van der Waals surface area contributed by atoms with Gasteiger partial charge in [0.15, 0.2) is 3.95 Å². The molecule has 0 radical (unpaired) electrons. The molecule has 10 heteroatoms. The summed E-state index contributed by atoms with van der Waals surface area (Å²) in [4.78, 5) is 46.8. The lowest BCUT2D eigenvalue weighted by Crippen LogP contribution is -2.48. The Balaban J connectivity index is 1.30. The third-order valence-corrected chi connectivity index (χ3v) is 8.73. The van der Waals surface area contributed by atoms with E-state index in [1.165, 1.54) is 11.3 Å². The number of piperazine rings is 1. The number of nitrogens with zero attached hydrogens (tertiary/aromatic N) is 3. The topological polar surface area (TPSA) is 89.9 Å². The van der Waals surface area contributed by atoms with Gasteiger partial charge in [0.25, 0.3) is 17.4 Å². The number of carbonyl (C=O) groups is 2. The maximum atomic E-state index is 13.4. The Morgan fingerprint density at radius 1 is 1.00 bits per heavy atom. The first-order chi connectivity index (χ1) is 18.0. The molecule has 0 spiro atoms. The Kier molecular flexibility index (Phi) is 6.29. The number of para-hydroxylation sites is 1. The van der Waals surface area contributed by atoms with Gasteiger partial charge in [0.1, 0.15) is 10.5 Å². The molecule has 190 valence electrons. The van der Waals surface area contributed by atoms with Crippen LogP contribution in [0.5, 0.6) is 0 Å². The van der Waals surface area contributed by atoms with Crippen LogP contribution >= 0.6 is 23.6 Å². The number of rotatable bonds is 4. The van der Waals surface area contributed by atoms with Crippen molar-refractivity contribution in [2.24, 2.45) is 0 Å². The Bertz CT molecular complexity index is 1610. The highest BCUT2D eigenvalue weighted by Crippen LogP contribution is 2.25. The van der Waals surface area contributed by atoms with E-state index in [1.807, 2.05) is 23.1 Å². The van der Waals surface area contributed by atoms with E-state index in [2.05, 4.69) is 27.3 Å². The summed E-state index contributed by atoms with van der Waals surface area (Å²) >= 11 is 6.80. The van der Waals surface area contributed by atoms with E-state index in [4.69, 9.17) is 12.2 Å². The third-order valence-electron chi connectivity index (χ3n) is 7.36. The molecule has 1 aliphatic heterocycles. The zero-order valence-corrected chi connectivity index (χ0v) is 21.9. The van der Waals surface area contributed by atoms with Crippen LogP contribution in [0.1, 0.15) is 45.7 Å². The number of benzene rings is 2. The number of thiazole rings is 1. The first kappa shape index (κ1) is 23.9. The van der Waals surface area contributed by atoms with Gasteiger partial charge >= 0.3 is 0 Å². The molecule has 37 heavy (non-hydrogen) atoms. The number of hydrogen-bond donors (Lipinski definition) is 2. The van der Waals surface area contributed by atoms with Crippen LogP contribution in [-0.4, -0.2) is 58.3 Å². The van der Waals surface area contributed by atoms with Crippen molar-refractivity contribution in [3.8, 4) is 0 Å². The van der Waals surface area contributed by atoms with E-state index < -0.39 is 0 Å². The molecule has 2 fully saturated rings. The fourth-order valence-electron chi connectivity index (χ4n) is 5.39. The molecule has 8 nitrogen and oxygen atoms in total. The highest BCUT2D eigenvalue weighted by atomic mass is 32.1. The van der Waals surface area contributed by atoms with Crippen LogP contribution in [0.3, 0.4) is 0 Å². The van der Waals surface area contributed by atoms with Crippen LogP contribution in [0.4, 0.5) is 5.69 Å². The second kappa shape index (κ2) is 9.75. The molecule has 0 atom stereocenters. The van der Waals surface area contributed by atoms with Gasteiger partial charge < -0.3 is 20.1 Å². The van der Waals surface area contributed by atoms with Gasteiger partial charge in [-0.3, -0.25) is 18.8 Å². The number of fused-ring (bicyclic) bond motifs is 3. The summed E-state index contributed by atoms with van der Waals surface area (Å²) in [5, 5.41) is 3.51. The van der Waals surface area contributed by atoms with Crippen LogP contribution in [0, 0.1) is 3.95 Å². The van der Waals surface area contributed by atoms with E-state index in [1.54, 1.807) is 22.6 Å². The van der Waals surface area contributed by atoms with E-state index in [0.717, 1.165) is 44.5 Å². The molecule has 0 bridgehead atoms. The number of anilines is 1. The number of carbonyl (C=O) groups excluding carboxylic acids is 2. The molecule has 4 aromatic rings. The summed E-state index contributed by atoms with van der Waals surface area (Å²) in [5.74, 6) is -0.298. The molecule has 1 saturated carbocycles. The fraction of sp³-hybridized carbons (Fsp3) is 0.333. The summed E-state index contributed by atoms with van der Waals surface area (Å²) in [6.45, 7) is 2.73. The van der Waals surface area contributed by atoms with Crippen molar-refractivity contribution in [3.05, 3.63) is 73.3 Å². The summed E-state index contributed by atoms with van der Waals surface area (Å²) in [5.41, 5.74) is 2.25. The van der Waals surface area contributed by atoms with Crippen molar-refractivity contribution in [3.63, 3.8) is 0 Å². The molecule has 0 unspecified atom stereocenters. The molecule has 2 aromatic heterocycles. The zero-order valence-electron chi connectivity index (χ0n) is 20.2. The minimum absolute atomic E-state index is 0.0796. The minimum Gasteiger partial charge on any atom is -0.368 e. The van der Waals surface area contributed by atoms with Crippen LogP contribution in [0.15, 0.2) is 53.3 Å². The van der Waals surface area contributed by atoms with Crippen LogP contribution in [-0.2, 0) is 0 Å². The first-order valence-corrected chi connectivity index (χ1v) is 13.8. The van der Waals surface area contributed by atoms with Crippen LogP contribution in [0.25, 0.3) is 16.6 Å². The zero-order chi connectivity index (χ0) is 25.5. The molecule has 2 aromatic carbocycles. The Morgan fingerprint density at radius 2 is 1.73 bits per heavy atom. The summed E-state index contributed by atoms with van der Waals surface area (Å²) < 4.78 is 2.17. The second-order valence-electron chi connectivity index (χ2n) is 9.64. The average Bonchev–Trinajstić information content (AvgIpc) is 3.56. The van der Waals surface area contributed by atoms with Crippen molar-refractivity contribution in [1.29, 1.82) is 0 Å². The van der Waals surface area contributed by atoms with Crippen molar-refractivity contribution in [2.45, 2.75) is 31.7 Å². The fourth-order valence-corrected chi connectivity index (χ4v) is 6.67. The van der Waals surface area contributed by atoms with Crippen LogP contribution in [0.2, 0.25) is 0 Å². The van der Waals surface area contributed by atoms with Crippen molar-refractivity contribution >= 4 is 57.6 Å². The maximum Gasteiger partial charge on any atom is 0.265 e. The number of hydrogen-bond acceptors (Lipinski definition) is 6. The maximum absolute atomic E-state index is 13.4. The van der Waals surface area contributed by atoms with Gasteiger partial charge in [-0.05, 0) is 55.4 Å². The lowest BCUT2D eigenvalue weighted by atomic mass is 10.1. The molecule has 2 aliphatic rings. The largest absolute Gasteiger partial charge is 0.368 e. The van der Waals surface area contributed by atoms with Gasteiger partial charge in [-0.1, -0.05) is 42.4 Å². The van der Waals surface area contributed by atoms with Crippen molar-refractivity contribution in [2.75, 3.05) is 31.1 Å².